The lowest BCUT2D eigenvalue weighted by atomic mass is 10.2. The zero-order valence-electron chi connectivity index (χ0n) is 10.4. The molecule has 19 heavy (non-hydrogen) atoms. The molecule has 1 N–H and O–H groups in total. The van der Waals surface area contributed by atoms with Crippen LogP contribution >= 0.6 is 0 Å². The quantitative estimate of drug-likeness (QED) is 0.661. The van der Waals surface area contributed by atoms with Crippen LogP contribution in [0.1, 0.15) is 12.8 Å². The van der Waals surface area contributed by atoms with E-state index >= 15 is 0 Å². The summed E-state index contributed by atoms with van der Waals surface area (Å²) >= 11 is 0. The van der Waals surface area contributed by atoms with Gasteiger partial charge in [-0.25, -0.2) is 0 Å². The molecule has 1 aliphatic rings. The number of anilines is 1. The molecule has 0 spiro atoms. The van der Waals surface area contributed by atoms with Crippen molar-refractivity contribution in [2.24, 2.45) is 0 Å². The smallest absolute Gasteiger partial charge is 0.296 e. The number of nitrogens with one attached hydrogen (secondary N) is 1. The van der Waals surface area contributed by atoms with Gasteiger partial charge in [-0.1, -0.05) is 0 Å². The average Bonchev–Trinajstić information content (AvgIpc) is 2.92. The maximum atomic E-state index is 11.9. The van der Waals surface area contributed by atoms with E-state index < -0.39 is 11.0 Å². The molecular formula is C12H14N2O5. The molecule has 1 atom stereocenters. The molecule has 0 unspecified atom stereocenters. The van der Waals surface area contributed by atoms with Gasteiger partial charge in [-0.05, 0) is 25.0 Å². The fourth-order valence-corrected chi connectivity index (χ4v) is 1.89. The predicted octanol–water partition coefficient (Wildman–Crippen LogP) is 1.72. The van der Waals surface area contributed by atoms with Gasteiger partial charge in [0.05, 0.1) is 18.1 Å². The van der Waals surface area contributed by atoms with Gasteiger partial charge in [-0.15, -0.1) is 0 Å². The van der Waals surface area contributed by atoms with Crippen molar-refractivity contribution >= 4 is 17.3 Å². The molecule has 0 radical (unpaired) electrons. The Kier molecular flexibility index (Phi) is 3.96. The number of nitro benzene ring substituents is 1. The number of benzene rings is 1. The van der Waals surface area contributed by atoms with E-state index in [1.54, 1.807) is 6.07 Å². The molecule has 1 amide bonds. The van der Waals surface area contributed by atoms with Crippen molar-refractivity contribution in [1.29, 1.82) is 0 Å². The van der Waals surface area contributed by atoms with Gasteiger partial charge in [0.25, 0.3) is 11.6 Å². The molecule has 2 rings (SSSR count). The first-order chi connectivity index (χ1) is 9.11. The molecule has 7 heteroatoms. The van der Waals surface area contributed by atoms with Crippen molar-refractivity contribution < 1.29 is 19.2 Å². The van der Waals surface area contributed by atoms with Crippen molar-refractivity contribution in [3.05, 3.63) is 28.3 Å². The number of methoxy groups -OCH3 is 1. The molecule has 1 fully saturated rings. The Morgan fingerprint density at radius 3 is 2.95 bits per heavy atom. The highest BCUT2D eigenvalue weighted by Gasteiger charge is 2.26. The fourth-order valence-electron chi connectivity index (χ4n) is 1.89. The number of nitro groups is 1. The van der Waals surface area contributed by atoms with Gasteiger partial charge < -0.3 is 14.8 Å². The van der Waals surface area contributed by atoms with Crippen LogP contribution in [0.4, 0.5) is 11.4 Å². The first kappa shape index (κ1) is 13.3. The molecule has 0 saturated carbocycles. The second kappa shape index (κ2) is 5.66. The Morgan fingerprint density at radius 1 is 1.58 bits per heavy atom. The number of ether oxygens (including phenoxy) is 2. The van der Waals surface area contributed by atoms with Gasteiger partial charge in [-0.3, -0.25) is 14.9 Å². The van der Waals surface area contributed by atoms with Crippen LogP contribution in [-0.2, 0) is 9.53 Å². The lowest BCUT2D eigenvalue weighted by molar-refractivity contribution is -0.384. The minimum atomic E-state index is -0.562. The van der Waals surface area contributed by atoms with Crippen LogP contribution in [0.3, 0.4) is 0 Å². The zero-order chi connectivity index (χ0) is 13.8. The largest absolute Gasteiger partial charge is 0.496 e. The maximum Gasteiger partial charge on any atom is 0.296 e. The molecule has 1 aliphatic heterocycles. The third-order valence-electron chi connectivity index (χ3n) is 2.88. The van der Waals surface area contributed by atoms with E-state index in [0.717, 1.165) is 6.42 Å². The number of carbonyl (C=O) groups is 1. The molecular weight excluding hydrogens is 252 g/mol. The normalized spacial score (nSPS) is 18.1. The van der Waals surface area contributed by atoms with Gasteiger partial charge in [-0.2, -0.15) is 0 Å². The van der Waals surface area contributed by atoms with Crippen LogP contribution in [0, 0.1) is 10.1 Å². The summed E-state index contributed by atoms with van der Waals surface area (Å²) < 4.78 is 10.1. The standard InChI is InChI=1S/C12H14N2O5/c1-18-8-4-5-9(10(7-8)14(16)17)13-12(15)11-3-2-6-19-11/h4-5,7,11H,2-3,6H2,1H3,(H,13,15)/t11-/m1/s1. The van der Waals surface area contributed by atoms with E-state index in [0.29, 0.717) is 18.8 Å². The first-order valence-corrected chi connectivity index (χ1v) is 5.86. The predicted molar refractivity (Wildman–Crippen MR) is 67.3 cm³/mol. The molecule has 1 aromatic carbocycles. The summed E-state index contributed by atoms with van der Waals surface area (Å²) in [6.07, 6.45) is 0.931. The van der Waals surface area contributed by atoms with Crippen LogP contribution in [0.5, 0.6) is 5.75 Å². The Balaban J connectivity index is 2.19. The summed E-state index contributed by atoms with van der Waals surface area (Å²) in [4.78, 5) is 22.3. The highest BCUT2D eigenvalue weighted by Crippen LogP contribution is 2.29. The van der Waals surface area contributed by atoms with Gasteiger partial charge in [0.2, 0.25) is 0 Å². The van der Waals surface area contributed by atoms with Crippen LogP contribution in [-0.4, -0.2) is 30.7 Å². The molecule has 102 valence electrons. The molecule has 0 aromatic heterocycles. The average molecular weight is 266 g/mol. The number of amides is 1. The Hall–Kier alpha value is -2.15. The second-order valence-electron chi connectivity index (χ2n) is 4.13. The van der Waals surface area contributed by atoms with E-state index in [1.807, 2.05) is 0 Å². The van der Waals surface area contributed by atoms with Gasteiger partial charge >= 0.3 is 0 Å². The van der Waals surface area contributed by atoms with E-state index in [1.165, 1.54) is 19.2 Å². The molecule has 1 aromatic rings. The van der Waals surface area contributed by atoms with Crippen molar-refractivity contribution in [3.8, 4) is 5.75 Å². The van der Waals surface area contributed by atoms with Gasteiger partial charge in [0, 0.05) is 6.61 Å². The summed E-state index contributed by atoms with van der Waals surface area (Å²) in [6, 6.07) is 4.27. The highest BCUT2D eigenvalue weighted by atomic mass is 16.6. The van der Waals surface area contributed by atoms with Crippen LogP contribution < -0.4 is 10.1 Å². The van der Waals surface area contributed by atoms with Crippen LogP contribution in [0.2, 0.25) is 0 Å². The summed E-state index contributed by atoms with van der Waals surface area (Å²) in [6.45, 7) is 0.544. The molecule has 0 aliphatic carbocycles. The first-order valence-electron chi connectivity index (χ1n) is 5.86. The summed E-state index contributed by atoms with van der Waals surface area (Å²) in [5, 5.41) is 13.5. The maximum absolute atomic E-state index is 11.9. The fraction of sp³-hybridized carbons (Fsp3) is 0.417. The van der Waals surface area contributed by atoms with Crippen LogP contribution in [0.15, 0.2) is 18.2 Å². The van der Waals surface area contributed by atoms with E-state index in [2.05, 4.69) is 5.32 Å². The lowest BCUT2D eigenvalue weighted by Crippen LogP contribution is -2.27. The summed E-state index contributed by atoms with van der Waals surface area (Å²) in [7, 11) is 1.42. The van der Waals surface area contributed by atoms with E-state index in [-0.39, 0.29) is 17.3 Å². The third-order valence-corrected chi connectivity index (χ3v) is 2.88. The number of hydrogen-bond acceptors (Lipinski definition) is 5. The van der Waals surface area contributed by atoms with Gasteiger partial charge in [0.1, 0.15) is 17.5 Å². The molecule has 7 nitrogen and oxygen atoms in total. The molecule has 1 heterocycles. The van der Waals surface area contributed by atoms with Crippen molar-refractivity contribution in [1.82, 2.24) is 0 Å². The van der Waals surface area contributed by atoms with E-state index in [9.17, 15) is 14.9 Å². The Morgan fingerprint density at radius 2 is 2.37 bits per heavy atom. The Bertz CT molecular complexity index is 497. The highest BCUT2D eigenvalue weighted by molar-refractivity contribution is 5.96. The van der Waals surface area contributed by atoms with E-state index in [4.69, 9.17) is 9.47 Å². The number of rotatable bonds is 4. The van der Waals surface area contributed by atoms with Gasteiger partial charge in [0.15, 0.2) is 0 Å². The zero-order valence-corrected chi connectivity index (χ0v) is 10.4. The van der Waals surface area contributed by atoms with Crippen molar-refractivity contribution in [2.75, 3.05) is 19.0 Å². The number of nitrogens with zero attached hydrogens (tertiary/aromatic N) is 1. The third kappa shape index (κ3) is 3.00. The molecule has 1 saturated heterocycles. The molecule has 0 bridgehead atoms. The van der Waals surface area contributed by atoms with Crippen molar-refractivity contribution in [3.63, 3.8) is 0 Å². The second-order valence-corrected chi connectivity index (χ2v) is 4.13. The number of carbonyl (C=O) groups excluding carboxylic acids is 1. The Labute approximate surface area is 109 Å². The van der Waals surface area contributed by atoms with Crippen molar-refractivity contribution in [2.45, 2.75) is 18.9 Å². The topological polar surface area (TPSA) is 90.7 Å². The minimum Gasteiger partial charge on any atom is -0.496 e. The number of hydrogen-bond donors (Lipinski definition) is 1. The SMILES string of the molecule is COc1ccc(NC(=O)[C@H]2CCCO2)c([N+](=O)[O-])c1. The van der Waals surface area contributed by atoms with Crippen LogP contribution in [0.25, 0.3) is 0 Å². The monoisotopic (exact) mass is 266 g/mol. The summed E-state index contributed by atoms with van der Waals surface area (Å²) in [5.74, 6) is 0.00702. The summed E-state index contributed by atoms with van der Waals surface area (Å²) in [5.41, 5.74) is -0.0583. The minimum absolute atomic E-state index is 0.145. The lowest BCUT2D eigenvalue weighted by Gasteiger charge is -2.11.